The molecule has 3 aliphatic rings. The van der Waals surface area contributed by atoms with Crippen molar-refractivity contribution < 1.29 is 19.1 Å². The summed E-state index contributed by atoms with van der Waals surface area (Å²) in [7, 11) is 3.24. The first-order chi connectivity index (χ1) is 13.5. The van der Waals surface area contributed by atoms with Gasteiger partial charge in [0.2, 0.25) is 0 Å². The number of ketones is 1. The number of nitrogens with zero attached hydrogens (tertiary/aromatic N) is 1. The molecule has 1 aliphatic carbocycles. The third-order valence-electron chi connectivity index (χ3n) is 5.57. The standard InChI is InChI=1S/C20H24N4O4/c1-27-17-8-11-6-7-24-14-4-3-5-16(25)19(14)13(22-23-20(21)26)10-15(24)12(11)9-18(17)28-2/h8-10,15,22H,3-7H2,1-2H3,(H3,21,23,26)/t15-/m1/s1. The maximum atomic E-state index is 12.6. The first-order valence-electron chi connectivity index (χ1n) is 9.35. The van der Waals surface area contributed by atoms with E-state index >= 15 is 0 Å². The molecule has 0 unspecified atom stereocenters. The van der Waals surface area contributed by atoms with Crippen molar-refractivity contribution in [1.82, 2.24) is 15.8 Å². The number of hydrazine groups is 1. The Morgan fingerprint density at radius 1 is 1.18 bits per heavy atom. The second-order valence-corrected chi connectivity index (χ2v) is 7.09. The van der Waals surface area contributed by atoms with Crippen LogP contribution in [0.3, 0.4) is 0 Å². The van der Waals surface area contributed by atoms with Crippen LogP contribution in [0.2, 0.25) is 0 Å². The van der Waals surface area contributed by atoms with E-state index < -0.39 is 6.03 Å². The molecule has 0 saturated heterocycles. The molecule has 4 N–H and O–H groups in total. The predicted octanol–water partition coefficient (Wildman–Crippen LogP) is 1.68. The molecule has 2 aliphatic heterocycles. The van der Waals surface area contributed by atoms with E-state index in [0.717, 1.165) is 37.1 Å². The van der Waals surface area contributed by atoms with Crippen LogP contribution in [0.4, 0.5) is 4.79 Å². The van der Waals surface area contributed by atoms with E-state index in [1.807, 2.05) is 18.2 Å². The van der Waals surface area contributed by atoms with Gasteiger partial charge in [0, 0.05) is 18.7 Å². The summed E-state index contributed by atoms with van der Waals surface area (Å²) in [5, 5.41) is 0. The quantitative estimate of drug-likeness (QED) is 0.682. The summed E-state index contributed by atoms with van der Waals surface area (Å²) >= 11 is 0. The van der Waals surface area contributed by atoms with E-state index in [2.05, 4.69) is 15.8 Å². The van der Waals surface area contributed by atoms with Crippen LogP contribution < -0.4 is 26.1 Å². The van der Waals surface area contributed by atoms with Crippen molar-refractivity contribution >= 4 is 11.8 Å². The van der Waals surface area contributed by atoms with Crippen LogP contribution in [0, 0.1) is 0 Å². The molecule has 2 amide bonds. The largest absolute Gasteiger partial charge is 0.493 e. The number of rotatable bonds is 4. The van der Waals surface area contributed by atoms with Gasteiger partial charge in [0.05, 0.1) is 31.5 Å². The van der Waals surface area contributed by atoms with Gasteiger partial charge in [-0.3, -0.25) is 15.6 Å². The van der Waals surface area contributed by atoms with Gasteiger partial charge in [-0.05, 0) is 48.6 Å². The number of primary amides is 1. The maximum Gasteiger partial charge on any atom is 0.330 e. The molecule has 28 heavy (non-hydrogen) atoms. The van der Waals surface area contributed by atoms with Gasteiger partial charge in [-0.25, -0.2) is 4.79 Å². The Hall–Kier alpha value is -3.16. The van der Waals surface area contributed by atoms with Crippen LogP contribution in [0.25, 0.3) is 0 Å². The lowest BCUT2D eigenvalue weighted by Crippen LogP contribution is -2.46. The number of amides is 2. The Labute approximate surface area is 163 Å². The summed E-state index contributed by atoms with van der Waals surface area (Å²) in [5.74, 6) is 1.46. The monoisotopic (exact) mass is 384 g/mol. The van der Waals surface area contributed by atoms with Crippen molar-refractivity contribution in [2.75, 3.05) is 20.8 Å². The zero-order valence-electron chi connectivity index (χ0n) is 16.0. The number of carbonyl (C=O) groups is 2. The lowest BCUT2D eigenvalue weighted by molar-refractivity contribution is -0.116. The molecule has 0 saturated carbocycles. The van der Waals surface area contributed by atoms with Crippen molar-refractivity contribution in [1.29, 1.82) is 0 Å². The van der Waals surface area contributed by atoms with Gasteiger partial charge in [0.25, 0.3) is 0 Å². The van der Waals surface area contributed by atoms with Gasteiger partial charge >= 0.3 is 6.03 Å². The number of fused-ring (bicyclic) bond motifs is 4. The Kier molecular flexibility index (Phi) is 4.62. The number of hydrogen-bond acceptors (Lipinski definition) is 6. The summed E-state index contributed by atoms with van der Waals surface area (Å²) in [5.41, 5.74) is 15.0. The number of Topliss-reactive ketones (excluding diaryl/α,β-unsaturated/α-hetero) is 1. The summed E-state index contributed by atoms with van der Waals surface area (Å²) in [6.45, 7) is 0.812. The number of nitrogens with one attached hydrogen (secondary N) is 2. The molecule has 1 atom stereocenters. The normalized spacial score (nSPS) is 20.5. The van der Waals surface area contributed by atoms with Crippen LogP contribution in [-0.2, 0) is 11.2 Å². The van der Waals surface area contributed by atoms with Crippen molar-refractivity contribution in [2.24, 2.45) is 5.73 Å². The number of methoxy groups -OCH3 is 2. The van der Waals surface area contributed by atoms with Gasteiger partial charge in [-0.15, -0.1) is 0 Å². The Bertz CT molecular complexity index is 906. The minimum atomic E-state index is -0.704. The van der Waals surface area contributed by atoms with E-state index in [1.165, 1.54) is 5.56 Å². The SMILES string of the molecule is COc1cc2c(cc1OC)[C@H]1C=C(NNC(N)=O)C3=C(CCCC3=O)N1CC2. The Morgan fingerprint density at radius 3 is 2.64 bits per heavy atom. The molecular weight excluding hydrogens is 360 g/mol. The van der Waals surface area contributed by atoms with Gasteiger partial charge in [-0.1, -0.05) is 0 Å². The minimum Gasteiger partial charge on any atom is -0.493 e. The van der Waals surface area contributed by atoms with Gasteiger partial charge in [0.15, 0.2) is 17.3 Å². The minimum absolute atomic E-state index is 0.0645. The van der Waals surface area contributed by atoms with E-state index in [1.54, 1.807) is 14.2 Å². The van der Waals surface area contributed by atoms with Crippen molar-refractivity contribution in [3.63, 3.8) is 0 Å². The van der Waals surface area contributed by atoms with Crippen LogP contribution in [-0.4, -0.2) is 37.5 Å². The summed E-state index contributed by atoms with van der Waals surface area (Å²) in [6, 6.07) is 3.25. The third-order valence-corrected chi connectivity index (χ3v) is 5.57. The van der Waals surface area contributed by atoms with E-state index in [9.17, 15) is 9.59 Å². The summed E-state index contributed by atoms with van der Waals surface area (Å²) in [6.07, 6.45) is 5.00. The zero-order chi connectivity index (χ0) is 19.8. The zero-order valence-corrected chi connectivity index (χ0v) is 16.0. The second-order valence-electron chi connectivity index (χ2n) is 7.09. The fraction of sp³-hybridized carbons (Fsp3) is 0.400. The fourth-order valence-electron chi connectivity index (χ4n) is 4.35. The number of carbonyl (C=O) groups excluding carboxylic acids is 2. The highest BCUT2D eigenvalue weighted by Gasteiger charge is 2.38. The second kappa shape index (κ2) is 7.10. The highest BCUT2D eigenvalue weighted by Crippen LogP contribution is 2.45. The molecule has 0 fully saturated rings. The average molecular weight is 384 g/mol. The molecule has 0 spiro atoms. The van der Waals surface area contributed by atoms with Crippen LogP contribution in [0.5, 0.6) is 11.5 Å². The molecule has 0 aromatic heterocycles. The fourth-order valence-corrected chi connectivity index (χ4v) is 4.35. The molecule has 8 heteroatoms. The first kappa shape index (κ1) is 18.2. The molecule has 1 aromatic carbocycles. The lowest BCUT2D eigenvalue weighted by Gasteiger charge is -2.44. The molecule has 8 nitrogen and oxygen atoms in total. The van der Waals surface area contributed by atoms with Crippen molar-refractivity contribution in [3.05, 3.63) is 46.3 Å². The van der Waals surface area contributed by atoms with Crippen LogP contribution in [0.15, 0.2) is 35.2 Å². The number of allylic oxidation sites excluding steroid dienone is 2. The molecule has 4 rings (SSSR count). The Morgan fingerprint density at radius 2 is 1.93 bits per heavy atom. The van der Waals surface area contributed by atoms with Crippen LogP contribution in [0.1, 0.15) is 36.4 Å². The highest BCUT2D eigenvalue weighted by molar-refractivity contribution is 6.01. The highest BCUT2D eigenvalue weighted by atomic mass is 16.5. The molecule has 148 valence electrons. The molecule has 2 heterocycles. The Balaban J connectivity index is 1.81. The van der Waals surface area contributed by atoms with Gasteiger partial charge in [0.1, 0.15) is 0 Å². The topological polar surface area (TPSA) is 106 Å². The summed E-state index contributed by atoms with van der Waals surface area (Å²) in [4.78, 5) is 26.1. The van der Waals surface area contributed by atoms with Crippen LogP contribution >= 0.6 is 0 Å². The lowest BCUT2D eigenvalue weighted by atomic mass is 9.82. The number of benzene rings is 1. The van der Waals surface area contributed by atoms with Gasteiger partial charge < -0.3 is 20.1 Å². The number of ether oxygens (including phenoxy) is 2. The first-order valence-corrected chi connectivity index (χ1v) is 9.35. The maximum absolute atomic E-state index is 12.6. The van der Waals surface area contributed by atoms with Crippen molar-refractivity contribution in [3.8, 4) is 11.5 Å². The summed E-state index contributed by atoms with van der Waals surface area (Å²) < 4.78 is 10.9. The van der Waals surface area contributed by atoms with Crippen molar-refractivity contribution in [2.45, 2.75) is 31.7 Å². The van der Waals surface area contributed by atoms with E-state index in [0.29, 0.717) is 29.2 Å². The smallest absolute Gasteiger partial charge is 0.330 e. The molecule has 1 aromatic rings. The molecular formula is C20H24N4O4. The number of hydrogen-bond donors (Lipinski definition) is 3. The van der Waals surface area contributed by atoms with Gasteiger partial charge in [-0.2, -0.15) is 0 Å². The number of urea groups is 1. The predicted molar refractivity (Wildman–Crippen MR) is 103 cm³/mol. The molecule has 0 radical (unpaired) electrons. The third kappa shape index (κ3) is 2.94. The van der Waals surface area contributed by atoms with E-state index in [-0.39, 0.29) is 11.8 Å². The molecule has 0 bridgehead atoms. The number of nitrogens with two attached hydrogens (primary N) is 1. The van der Waals surface area contributed by atoms with E-state index in [4.69, 9.17) is 15.2 Å². The average Bonchev–Trinajstić information content (AvgIpc) is 2.70.